The van der Waals surface area contributed by atoms with E-state index in [1.807, 2.05) is 4.57 Å². The van der Waals surface area contributed by atoms with Crippen molar-refractivity contribution < 1.29 is 18.0 Å². The van der Waals surface area contributed by atoms with Crippen LogP contribution in [0, 0.1) is 0 Å². The topological polar surface area (TPSA) is 59.8 Å². The van der Waals surface area contributed by atoms with Crippen molar-refractivity contribution in [1.29, 1.82) is 0 Å². The van der Waals surface area contributed by atoms with Crippen LogP contribution in [0.1, 0.15) is 37.1 Å². The highest BCUT2D eigenvalue weighted by Crippen LogP contribution is 2.40. The van der Waals surface area contributed by atoms with Crippen LogP contribution in [0.2, 0.25) is 0 Å². The van der Waals surface area contributed by atoms with Crippen LogP contribution in [-0.4, -0.2) is 25.9 Å². The minimum atomic E-state index is -4.46. The molecule has 9 heteroatoms. The molecule has 2 aromatic rings. The van der Waals surface area contributed by atoms with Gasteiger partial charge in [0.2, 0.25) is 5.91 Å². The first-order valence-corrected chi connectivity index (χ1v) is 9.36. The molecule has 27 heavy (non-hydrogen) atoms. The number of alkyl halides is 3. The minimum absolute atomic E-state index is 0.105. The van der Waals surface area contributed by atoms with Crippen LogP contribution in [0.4, 0.5) is 18.9 Å². The third-order valence-electron chi connectivity index (χ3n) is 4.11. The number of carbonyl (C=O) groups excluding carboxylic acids is 1. The average molecular weight is 396 g/mol. The summed E-state index contributed by atoms with van der Waals surface area (Å²) in [6, 6.07) is 4.57. The van der Waals surface area contributed by atoms with Crippen molar-refractivity contribution in [3.8, 4) is 0 Å². The second kappa shape index (κ2) is 7.75. The molecular weight excluding hydrogens is 377 g/mol. The summed E-state index contributed by atoms with van der Waals surface area (Å²) in [7, 11) is 0. The molecule has 1 heterocycles. The van der Waals surface area contributed by atoms with Gasteiger partial charge < -0.3 is 9.88 Å². The van der Waals surface area contributed by atoms with Crippen molar-refractivity contribution >= 4 is 23.4 Å². The number of rotatable bonds is 7. The Labute approximate surface area is 159 Å². The molecule has 1 aliphatic rings. The molecule has 0 spiro atoms. The molecule has 1 aromatic carbocycles. The predicted octanol–water partition coefficient (Wildman–Crippen LogP) is 4.48. The summed E-state index contributed by atoms with van der Waals surface area (Å²) < 4.78 is 40.3. The normalized spacial score (nSPS) is 15.4. The highest BCUT2D eigenvalue weighted by molar-refractivity contribution is 8.00. The van der Waals surface area contributed by atoms with Gasteiger partial charge in [0.1, 0.15) is 5.82 Å². The average Bonchev–Trinajstić information content (AvgIpc) is 3.38. The Morgan fingerprint density at radius 2 is 2.19 bits per heavy atom. The molecule has 0 bridgehead atoms. The maximum atomic E-state index is 12.8. The molecule has 144 valence electrons. The van der Waals surface area contributed by atoms with E-state index in [2.05, 4.69) is 22.1 Å². The number of halogens is 3. The van der Waals surface area contributed by atoms with E-state index in [0.717, 1.165) is 30.8 Å². The number of amides is 1. The van der Waals surface area contributed by atoms with Gasteiger partial charge in [0.15, 0.2) is 5.16 Å². The second-order valence-electron chi connectivity index (χ2n) is 6.34. The van der Waals surface area contributed by atoms with Gasteiger partial charge in [-0.1, -0.05) is 23.9 Å². The molecule has 1 fully saturated rings. The fourth-order valence-corrected chi connectivity index (χ4v) is 3.43. The Balaban J connectivity index is 1.69. The highest BCUT2D eigenvalue weighted by Gasteiger charge is 2.32. The van der Waals surface area contributed by atoms with E-state index in [1.54, 1.807) is 13.0 Å². The third kappa shape index (κ3) is 4.71. The zero-order valence-electron chi connectivity index (χ0n) is 14.7. The summed E-state index contributed by atoms with van der Waals surface area (Å²) >= 11 is 1.22. The van der Waals surface area contributed by atoms with Gasteiger partial charge in [-0.05, 0) is 38.0 Å². The fourth-order valence-electron chi connectivity index (χ4n) is 2.56. The van der Waals surface area contributed by atoms with Crippen molar-refractivity contribution in [2.24, 2.45) is 0 Å². The predicted molar refractivity (Wildman–Crippen MR) is 97.6 cm³/mol. The van der Waals surface area contributed by atoms with E-state index >= 15 is 0 Å². The van der Waals surface area contributed by atoms with Gasteiger partial charge in [-0.15, -0.1) is 16.8 Å². The van der Waals surface area contributed by atoms with Gasteiger partial charge in [0, 0.05) is 18.2 Å². The van der Waals surface area contributed by atoms with Gasteiger partial charge in [0.05, 0.1) is 10.8 Å². The molecule has 5 nitrogen and oxygen atoms in total. The van der Waals surface area contributed by atoms with Crippen LogP contribution in [0.3, 0.4) is 0 Å². The number of hydrogen-bond acceptors (Lipinski definition) is 4. The first kappa shape index (κ1) is 19.5. The first-order chi connectivity index (χ1) is 12.8. The van der Waals surface area contributed by atoms with E-state index < -0.39 is 22.9 Å². The summed E-state index contributed by atoms with van der Waals surface area (Å²) in [5.74, 6) is 0.893. The van der Waals surface area contributed by atoms with Gasteiger partial charge in [-0.3, -0.25) is 4.79 Å². The van der Waals surface area contributed by atoms with Crippen molar-refractivity contribution in [1.82, 2.24) is 14.8 Å². The van der Waals surface area contributed by atoms with Crippen molar-refractivity contribution in [2.75, 3.05) is 5.32 Å². The number of aromatic nitrogens is 3. The zero-order chi connectivity index (χ0) is 19.6. The Bertz CT molecular complexity index is 845. The molecule has 1 aliphatic carbocycles. The Kier molecular flexibility index (Phi) is 5.59. The summed E-state index contributed by atoms with van der Waals surface area (Å²) in [6.07, 6.45) is -0.564. The maximum absolute atomic E-state index is 12.8. The molecule has 1 amide bonds. The van der Waals surface area contributed by atoms with E-state index in [1.165, 1.54) is 23.9 Å². The zero-order valence-corrected chi connectivity index (χ0v) is 15.5. The fraction of sp³-hybridized carbons (Fsp3) is 0.389. The number of benzene rings is 1. The second-order valence-corrected chi connectivity index (χ2v) is 7.65. The quantitative estimate of drug-likeness (QED) is 0.554. The van der Waals surface area contributed by atoms with Gasteiger partial charge in [-0.25, -0.2) is 0 Å². The molecule has 0 saturated heterocycles. The maximum Gasteiger partial charge on any atom is 0.416 e. The van der Waals surface area contributed by atoms with Gasteiger partial charge in [-0.2, -0.15) is 13.2 Å². The Hall–Kier alpha value is -2.29. The standard InChI is InChI=1S/C18H19F3N4OS/c1-3-9-25-15(12-7-8-12)23-24-17(25)27-11(2)16(26)22-14-6-4-5-13(10-14)18(19,20)21/h3-6,10-12H,1,7-9H2,2H3,(H,22,26)/t11-/m0/s1. The van der Waals surface area contributed by atoms with Crippen LogP contribution in [0.15, 0.2) is 42.1 Å². The number of nitrogens with one attached hydrogen (secondary N) is 1. The molecule has 0 unspecified atom stereocenters. The van der Waals surface area contributed by atoms with Crippen LogP contribution in [-0.2, 0) is 17.5 Å². The van der Waals surface area contributed by atoms with E-state index in [0.29, 0.717) is 17.6 Å². The highest BCUT2D eigenvalue weighted by atomic mass is 32.2. The van der Waals surface area contributed by atoms with E-state index in [9.17, 15) is 18.0 Å². The minimum Gasteiger partial charge on any atom is -0.325 e. The van der Waals surface area contributed by atoms with Crippen molar-refractivity contribution in [2.45, 2.75) is 48.8 Å². The molecule has 1 aromatic heterocycles. The number of allylic oxidation sites excluding steroid dienone is 1. The number of anilines is 1. The lowest BCUT2D eigenvalue weighted by Crippen LogP contribution is -2.23. The molecule has 3 rings (SSSR count). The van der Waals surface area contributed by atoms with Crippen molar-refractivity contribution in [3.05, 3.63) is 48.3 Å². The summed E-state index contributed by atoms with van der Waals surface area (Å²) in [4.78, 5) is 12.4. The molecule has 0 radical (unpaired) electrons. The molecule has 0 aliphatic heterocycles. The Morgan fingerprint density at radius 3 is 2.81 bits per heavy atom. The van der Waals surface area contributed by atoms with Crippen LogP contribution >= 0.6 is 11.8 Å². The van der Waals surface area contributed by atoms with Crippen LogP contribution in [0.25, 0.3) is 0 Å². The van der Waals surface area contributed by atoms with Crippen LogP contribution in [0.5, 0.6) is 0 Å². The number of nitrogens with zero attached hydrogens (tertiary/aromatic N) is 3. The lowest BCUT2D eigenvalue weighted by atomic mass is 10.2. The SMILES string of the molecule is C=CCn1c(S[C@@H](C)C(=O)Nc2cccc(C(F)(F)F)c2)nnc1C1CC1. The summed E-state index contributed by atoms with van der Waals surface area (Å²) in [5.41, 5.74) is -0.700. The first-order valence-electron chi connectivity index (χ1n) is 8.48. The van der Waals surface area contributed by atoms with E-state index in [4.69, 9.17) is 0 Å². The van der Waals surface area contributed by atoms with Gasteiger partial charge >= 0.3 is 6.18 Å². The van der Waals surface area contributed by atoms with Gasteiger partial charge in [0.25, 0.3) is 0 Å². The number of thioether (sulfide) groups is 1. The van der Waals surface area contributed by atoms with E-state index in [-0.39, 0.29) is 5.69 Å². The summed E-state index contributed by atoms with van der Waals surface area (Å²) in [6.45, 7) is 5.96. The Morgan fingerprint density at radius 1 is 1.44 bits per heavy atom. The lowest BCUT2D eigenvalue weighted by molar-refractivity contribution is -0.137. The number of carbonyl (C=O) groups is 1. The summed E-state index contributed by atoms with van der Waals surface area (Å²) in [5, 5.41) is 11.0. The lowest BCUT2D eigenvalue weighted by Gasteiger charge is -2.14. The molecular formula is C18H19F3N4OS. The van der Waals surface area contributed by atoms with Crippen LogP contribution < -0.4 is 5.32 Å². The largest absolute Gasteiger partial charge is 0.416 e. The smallest absolute Gasteiger partial charge is 0.325 e. The monoisotopic (exact) mass is 396 g/mol. The third-order valence-corrected chi connectivity index (χ3v) is 5.19. The number of hydrogen-bond donors (Lipinski definition) is 1. The molecule has 1 atom stereocenters. The molecule has 1 saturated carbocycles. The molecule has 1 N–H and O–H groups in total. The van der Waals surface area contributed by atoms with Crippen molar-refractivity contribution in [3.63, 3.8) is 0 Å².